The third kappa shape index (κ3) is 2.79. The molecule has 0 spiro atoms. The molecule has 0 N–H and O–H groups in total. The van der Waals surface area contributed by atoms with E-state index in [0.717, 1.165) is 23.5 Å². The van der Waals surface area contributed by atoms with Crippen molar-refractivity contribution in [2.45, 2.75) is 25.8 Å². The molecule has 112 valence electrons. The summed E-state index contributed by atoms with van der Waals surface area (Å²) in [4.78, 5) is 25.0. The maximum absolute atomic E-state index is 12.1. The Balaban J connectivity index is 1.67. The van der Waals surface area contributed by atoms with Crippen molar-refractivity contribution in [3.63, 3.8) is 0 Å². The molecule has 0 fully saturated rings. The van der Waals surface area contributed by atoms with Gasteiger partial charge in [0, 0.05) is 19.5 Å². The van der Waals surface area contributed by atoms with E-state index in [4.69, 9.17) is 9.47 Å². The molecule has 6 nitrogen and oxygen atoms in total. The molecular formula is C15H17NO5. The zero-order valence-electron chi connectivity index (χ0n) is 11.9. The summed E-state index contributed by atoms with van der Waals surface area (Å²) in [6.45, 7) is 1.46. The van der Waals surface area contributed by atoms with E-state index in [-0.39, 0.29) is 31.5 Å². The largest absolute Gasteiger partial charge is 0.469 e. The molecule has 2 heterocycles. The lowest BCUT2D eigenvalue weighted by Crippen LogP contribution is -2.36. The van der Waals surface area contributed by atoms with Crippen LogP contribution in [0, 0.1) is 0 Å². The number of carbonyl (C=O) groups excluding carboxylic acids is 2. The lowest BCUT2D eigenvalue weighted by Gasteiger charge is -2.29. The predicted octanol–water partition coefficient (Wildman–Crippen LogP) is 1.25. The average Bonchev–Trinajstić information content (AvgIpc) is 2.96. The Bertz CT molecular complexity index is 584. The summed E-state index contributed by atoms with van der Waals surface area (Å²) in [6.07, 6.45) is 1.10. The summed E-state index contributed by atoms with van der Waals surface area (Å²) in [5.41, 5.74) is 2.27. The monoisotopic (exact) mass is 291 g/mol. The van der Waals surface area contributed by atoms with Gasteiger partial charge in [0.2, 0.25) is 12.7 Å². The molecule has 2 aliphatic rings. The Kier molecular flexibility index (Phi) is 3.68. The molecule has 1 aromatic rings. The summed E-state index contributed by atoms with van der Waals surface area (Å²) in [5.74, 6) is 1.13. The fourth-order valence-electron chi connectivity index (χ4n) is 2.63. The highest BCUT2D eigenvalue weighted by Crippen LogP contribution is 2.36. The lowest BCUT2D eigenvalue weighted by molar-refractivity contribution is -0.143. The molecule has 2 aliphatic heterocycles. The second-order valence-electron chi connectivity index (χ2n) is 5.12. The Morgan fingerprint density at radius 3 is 2.62 bits per heavy atom. The molecule has 1 amide bonds. The molecular weight excluding hydrogens is 274 g/mol. The fourth-order valence-corrected chi connectivity index (χ4v) is 2.63. The van der Waals surface area contributed by atoms with E-state index in [1.165, 1.54) is 12.7 Å². The van der Waals surface area contributed by atoms with Gasteiger partial charge in [0.1, 0.15) is 0 Å². The minimum absolute atomic E-state index is 0.0243. The number of benzene rings is 1. The summed E-state index contributed by atoms with van der Waals surface area (Å²) in [7, 11) is 1.33. The molecule has 3 rings (SSSR count). The van der Waals surface area contributed by atoms with Crippen molar-refractivity contribution in [2.24, 2.45) is 0 Å². The predicted molar refractivity (Wildman–Crippen MR) is 72.9 cm³/mol. The van der Waals surface area contributed by atoms with Crippen LogP contribution >= 0.6 is 0 Å². The third-order valence-electron chi connectivity index (χ3n) is 3.83. The van der Waals surface area contributed by atoms with Crippen LogP contribution in [0.15, 0.2) is 12.1 Å². The van der Waals surface area contributed by atoms with Crippen molar-refractivity contribution in [3.8, 4) is 11.5 Å². The highest BCUT2D eigenvalue weighted by Gasteiger charge is 2.24. The number of ether oxygens (including phenoxy) is 3. The van der Waals surface area contributed by atoms with Crippen molar-refractivity contribution in [1.29, 1.82) is 0 Å². The van der Waals surface area contributed by atoms with Crippen molar-refractivity contribution in [2.75, 3.05) is 20.4 Å². The van der Waals surface area contributed by atoms with Gasteiger partial charge in [-0.1, -0.05) is 0 Å². The first-order valence-electron chi connectivity index (χ1n) is 6.93. The van der Waals surface area contributed by atoms with Crippen molar-refractivity contribution in [1.82, 2.24) is 4.90 Å². The third-order valence-corrected chi connectivity index (χ3v) is 3.83. The normalized spacial score (nSPS) is 15.6. The van der Waals surface area contributed by atoms with Gasteiger partial charge >= 0.3 is 5.97 Å². The highest BCUT2D eigenvalue weighted by molar-refractivity contribution is 5.81. The molecule has 6 heteroatoms. The van der Waals surface area contributed by atoms with E-state index in [1.807, 2.05) is 12.1 Å². The van der Waals surface area contributed by atoms with Crippen LogP contribution in [-0.4, -0.2) is 37.2 Å². The van der Waals surface area contributed by atoms with Gasteiger partial charge in [-0.2, -0.15) is 0 Å². The van der Waals surface area contributed by atoms with Crippen molar-refractivity contribution >= 4 is 11.9 Å². The van der Waals surface area contributed by atoms with Gasteiger partial charge in [0.25, 0.3) is 0 Å². The quantitative estimate of drug-likeness (QED) is 0.784. The second kappa shape index (κ2) is 5.63. The highest BCUT2D eigenvalue weighted by atomic mass is 16.7. The summed E-state index contributed by atoms with van der Waals surface area (Å²) >= 11 is 0. The van der Waals surface area contributed by atoms with Crippen LogP contribution in [0.5, 0.6) is 11.5 Å². The standard InChI is InChI=1S/C15H17NO5/c1-19-15(18)3-2-14(17)16-5-4-10-6-12-13(21-9-20-12)7-11(10)8-16/h6-7H,2-5,8-9H2,1H3. The number of esters is 1. The molecule has 0 saturated heterocycles. The van der Waals surface area contributed by atoms with Crippen molar-refractivity contribution in [3.05, 3.63) is 23.3 Å². The number of fused-ring (bicyclic) bond motifs is 2. The van der Waals surface area contributed by atoms with E-state index in [1.54, 1.807) is 4.90 Å². The maximum atomic E-state index is 12.1. The first kappa shape index (κ1) is 13.7. The summed E-state index contributed by atoms with van der Waals surface area (Å²) in [5, 5.41) is 0. The van der Waals surface area contributed by atoms with Crippen LogP contribution in [0.25, 0.3) is 0 Å². The minimum atomic E-state index is -0.357. The Morgan fingerprint density at radius 1 is 1.19 bits per heavy atom. The summed E-state index contributed by atoms with van der Waals surface area (Å²) in [6, 6.07) is 3.94. The average molecular weight is 291 g/mol. The SMILES string of the molecule is COC(=O)CCC(=O)N1CCc2cc3c(cc2C1)OCO3. The molecule has 1 aromatic carbocycles. The van der Waals surface area contributed by atoms with Gasteiger partial charge in [-0.15, -0.1) is 0 Å². The zero-order chi connectivity index (χ0) is 14.8. The van der Waals surface area contributed by atoms with Gasteiger partial charge in [0.05, 0.1) is 13.5 Å². The molecule has 0 bridgehead atoms. The fraction of sp³-hybridized carbons (Fsp3) is 0.467. The van der Waals surface area contributed by atoms with Gasteiger partial charge in [-0.3, -0.25) is 9.59 Å². The van der Waals surface area contributed by atoms with Gasteiger partial charge in [0.15, 0.2) is 11.5 Å². The van der Waals surface area contributed by atoms with E-state index in [9.17, 15) is 9.59 Å². The zero-order valence-corrected chi connectivity index (χ0v) is 11.9. The smallest absolute Gasteiger partial charge is 0.306 e. The second-order valence-corrected chi connectivity index (χ2v) is 5.12. The Morgan fingerprint density at radius 2 is 1.90 bits per heavy atom. The number of hydrogen-bond acceptors (Lipinski definition) is 5. The Hall–Kier alpha value is -2.24. The van der Waals surface area contributed by atoms with Crippen LogP contribution in [0.1, 0.15) is 24.0 Å². The number of amides is 1. The number of rotatable bonds is 3. The molecule has 0 aromatic heterocycles. The Labute approximate surface area is 122 Å². The minimum Gasteiger partial charge on any atom is -0.469 e. The van der Waals surface area contributed by atoms with Gasteiger partial charge in [-0.05, 0) is 29.7 Å². The maximum Gasteiger partial charge on any atom is 0.306 e. The van der Waals surface area contributed by atoms with Crippen LogP contribution < -0.4 is 9.47 Å². The molecule has 0 saturated carbocycles. The number of nitrogens with zero attached hydrogens (tertiary/aromatic N) is 1. The number of carbonyl (C=O) groups is 2. The first-order chi connectivity index (χ1) is 10.2. The van der Waals surface area contributed by atoms with Crippen LogP contribution in [0.2, 0.25) is 0 Å². The topological polar surface area (TPSA) is 65.1 Å². The number of methoxy groups -OCH3 is 1. The van der Waals surface area contributed by atoms with E-state index >= 15 is 0 Å². The molecule has 0 aliphatic carbocycles. The molecule has 21 heavy (non-hydrogen) atoms. The van der Waals surface area contributed by atoms with Gasteiger partial charge < -0.3 is 19.1 Å². The summed E-state index contributed by atoms with van der Waals surface area (Å²) < 4.78 is 15.3. The molecule has 0 atom stereocenters. The lowest BCUT2D eigenvalue weighted by atomic mass is 9.98. The van der Waals surface area contributed by atoms with E-state index < -0.39 is 0 Å². The van der Waals surface area contributed by atoms with E-state index in [2.05, 4.69) is 4.74 Å². The van der Waals surface area contributed by atoms with E-state index in [0.29, 0.717) is 13.1 Å². The molecule has 0 unspecified atom stereocenters. The van der Waals surface area contributed by atoms with Crippen molar-refractivity contribution < 1.29 is 23.8 Å². The van der Waals surface area contributed by atoms with Gasteiger partial charge in [-0.25, -0.2) is 0 Å². The van der Waals surface area contributed by atoms with Crippen LogP contribution in [0.4, 0.5) is 0 Å². The van der Waals surface area contributed by atoms with Crippen LogP contribution in [0.3, 0.4) is 0 Å². The number of hydrogen-bond donors (Lipinski definition) is 0. The van der Waals surface area contributed by atoms with Crippen LogP contribution in [-0.2, 0) is 27.3 Å². The molecule has 0 radical (unpaired) electrons. The first-order valence-corrected chi connectivity index (χ1v) is 6.93.